The summed E-state index contributed by atoms with van der Waals surface area (Å²) >= 11 is 2.28. The largest absolute Gasteiger partial charge is 0.416 e. The summed E-state index contributed by atoms with van der Waals surface area (Å²) in [5.74, 6) is -0.144. The molecule has 0 radical (unpaired) electrons. The number of alkyl halides is 3. The molecule has 1 atom stereocenters. The highest BCUT2D eigenvalue weighted by Gasteiger charge is 2.41. The van der Waals surface area contributed by atoms with E-state index in [1.54, 1.807) is 0 Å². The molecule has 0 bridgehead atoms. The van der Waals surface area contributed by atoms with Crippen molar-refractivity contribution in [3.63, 3.8) is 0 Å². The van der Waals surface area contributed by atoms with Gasteiger partial charge >= 0.3 is 6.18 Å². The van der Waals surface area contributed by atoms with Crippen LogP contribution in [0.2, 0.25) is 0 Å². The van der Waals surface area contributed by atoms with E-state index in [1.807, 2.05) is 0 Å². The van der Waals surface area contributed by atoms with Crippen molar-refractivity contribution in [2.45, 2.75) is 11.6 Å². The van der Waals surface area contributed by atoms with Crippen LogP contribution in [0.25, 0.3) is 0 Å². The molecule has 1 aliphatic rings. The van der Waals surface area contributed by atoms with Gasteiger partial charge in [0.1, 0.15) is 10.9 Å². The smallest absolute Gasteiger partial charge is 0.273 e. The molecule has 3 rings (SSSR count). The van der Waals surface area contributed by atoms with Gasteiger partial charge in [-0.15, -0.1) is 22.0 Å². The Morgan fingerprint density at radius 2 is 2.05 bits per heavy atom. The molecule has 21 heavy (non-hydrogen) atoms. The minimum Gasteiger partial charge on any atom is -0.273 e. The number of nitrogens with zero attached hydrogens (tertiary/aromatic N) is 3. The van der Waals surface area contributed by atoms with Crippen LogP contribution >= 0.6 is 23.1 Å². The Balaban J connectivity index is 2.06. The molecule has 9 heteroatoms. The van der Waals surface area contributed by atoms with Crippen molar-refractivity contribution in [2.75, 3.05) is 10.7 Å². The van der Waals surface area contributed by atoms with Crippen LogP contribution in [-0.4, -0.2) is 21.9 Å². The number of carbonyl (C=O) groups is 1. The second kappa shape index (κ2) is 5.30. The van der Waals surface area contributed by atoms with Crippen molar-refractivity contribution in [3.05, 3.63) is 40.9 Å². The van der Waals surface area contributed by atoms with Gasteiger partial charge in [-0.1, -0.05) is 29.5 Å². The number of anilines is 1. The van der Waals surface area contributed by atoms with Gasteiger partial charge in [-0.3, -0.25) is 9.69 Å². The van der Waals surface area contributed by atoms with Gasteiger partial charge in [0.15, 0.2) is 0 Å². The van der Waals surface area contributed by atoms with Gasteiger partial charge < -0.3 is 0 Å². The van der Waals surface area contributed by atoms with Crippen molar-refractivity contribution in [3.8, 4) is 0 Å². The molecule has 1 amide bonds. The zero-order valence-electron chi connectivity index (χ0n) is 10.4. The summed E-state index contributed by atoms with van der Waals surface area (Å²) in [5, 5.41) is 7.02. The first-order valence-corrected chi connectivity index (χ1v) is 7.77. The SMILES string of the molecule is O=C1CS[C@@H](c2ccccc2C(F)(F)F)N1c1nncs1. The van der Waals surface area contributed by atoms with E-state index < -0.39 is 17.1 Å². The van der Waals surface area contributed by atoms with E-state index in [0.717, 1.165) is 29.2 Å². The highest BCUT2D eigenvalue weighted by atomic mass is 32.2. The van der Waals surface area contributed by atoms with Crippen LogP contribution < -0.4 is 4.90 Å². The summed E-state index contributed by atoms with van der Waals surface area (Å²) in [6.45, 7) is 0. The number of amides is 1. The second-order valence-corrected chi connectivity index (χ2v) is 6.11. The number of hydrogen-bond acceptors (Lipinski definition) is 5. The quantitative estimate of drug-likeness (QED) is 0.847. The first kappa shape index (κ1) is 14.3. The summed E-state index contributed by atoms with van der Waals surface area (Å²) in [6.07, 6.45) is -4.46. The summed E-state index contributed by atoms with van der Waals surface area (Å²) < 4.78 is 39.4. The molecule has 4 nitrogen and oxygen atoms in total. The lowest BCUT2D eigenvalue weighted by atomic mass is 10.1. The van der Waals surface area contributed by atoms with E-state index in [0.29, 0.717) is 5.13 Å². The number of benzene rings is 1. The van der Waals surface area contributed by atoms with Crippen molar-refractivity contribution in [1.82, 2.24) is 10.2 Å². The Kier molecular flexibility index (Phi) is 3.62. The lowest BCUT2D eigenvalue weighted by Gasteiger charge is -2.24. The van der Waals surface area contributed by atoms with Gasteiger partial charge in [-0.05, 0) is 11.6 Å². The number of carbonyl (C=O) groups excluding carboxylic acids is 1. The van der Waals surface area contributed by atoms with Crippen molar-refractivity contribution >= 4 is 34.1 Å². The van der Waals surface area contributed by atoms with E-state index in [2.05, 4.69) is 10.2 Å². The van der Waals surface area contributed by atoms with E-state index >= 15 is 0 Å². The molecule has 0 spiro atoms. The van der Waals surface area contributed by atoms with Crippen molar-refractivity contribution in [2.24, 2.45) is 0 Å². The van der Waals surface area contributed by atoms with Crippen LogP contribution in [0.1, 0.15) is 16.5 Å². The summed E-state index contributed by atoms with van der Waals surface area (Å²) in [6, 6.07) is 5.29. The Morgan fingerprint density at radius 3 is 2.71 bits per heavy atom. The van der Waals surface area contributed by atoms with E-state index in [1.165, 1.54) is 28.6 Å². The standard InChI is InChI=1S/C12H8F3N3OS2/c13-12(14,15)8-4-2-1-3-7(8)10-18(9(19)5-20-10)11-17-16-6-21-11/h1-4,6,10H,5H2/t10-/m0/s1. The first-order chi connectivity index (χ1) is 9.98. The van der Waals surface area contributed by atoms with Crippen LogP contribution in [0.3, 0.4) is 0 Å². The van der Waals surface area contributed by atoms with Crippen LogP contribution in [0.15, 0.2) is 29.8 Å². The van der Waals surface area contributed by atoms with Gasteiger partial charge in [0.05, 0.1) is 11.3 Å². The number of halogens is 3. The number of rotatable bonds is 2. The summed E-state index contributed by atoms with van der Waals surface area (Å²) in [4.78, 5) is 13.3. The Labute approximate surface area is 126 Å². The Morgan fingerprint density at radius 1 is 1.29 bits per heavy atom. The molecule has 1 fully saturated rings. The molecule has 0 N–H and O–H groups in total. The molecular formula is C12H8F3N3OS2. The number of hydrogen-bond donors (Lipinski definition) is 0. The zero-order valence-corrected chi connectivity index (χ0v) is 12.0. The van der Waals surface area contributed by atoms with Gasteiger partial charge in [-0.2, -0.15) is 13.2 Å². The predicted molar refractivity (Wildman–Crippen MR) is 74.0 cm³/mol. The fraction of sp³-hybridized carbons (Fsp3) is 0.250. The number of thioether (sulfide) groups is 1. The monoisotopic (exact) mass is 331 g/mol. The average molecular weight is 331 g/mol. The lowest BCUT2D eigenvalue weighted by molar-refractivity contribution is -0.138. The van der Waals surface area contributed by atoms with E-state index in [-0.39, 0.29) is 17.2 Å². The first-order valence-electron chi connectivity index (χ1n) is 5.84. The highest BCUT2D eigenvalue weighted by molar-refractivity contribution is 8.00. The van der Waals surface area contributed by atoms with Gasteiger partial charge in [-0.25, -0.2) is 0 Å². The minimum absolute atomic E-state index is 0.0658. The van der Waals surface area contributed by atoms with Crippen molar-refractivity contribution < 1.29 is 18.0 Å². The molecule has 2 heterocycles. The summed E-state index contributed by atoms with van der Waals surface area (Å²) in [7, 11) is 0. The third-order valence-electron chi connectivity index (χ3n) is 2.95. The van der Waals surface area contributed by atoms with Gasteiger partial charge in [0, 0.05) is 0 Å². The topological polar surface area (TPSA) is 46.1 Å². The second-order valence-electron chi connectivity index (χ2n) is 4.23. The van der Waals surface area contributed by atoms with Crippen molar-refractivity contribution in [1.29, 1.82) is 0 Å². The fourth-order valence-corrected chi connectivity index (χ4v) is 3.97. The fourth-order valence-electron chi connectivity index (χ4n) is 2.10. The third-order valence-corrected chi connectivity index (χ3v) is 4.84. The third kappa shape index (κ3) is 2.62. The average Bonchev–Trinajstić information content (AvgIpc) is 3.06. The maximum atomic E-state index is 13.1. The Hall–Kier alpha value is -1.61. The van der Waals surface area contributed by atoms with E-state index in [9.17, 15) is 18.0 Å². The van der Waals surface area contributed by atoms with Crippen LogP contribution in [0.4, 0.5) is 18.3 Å². The molecule has 0 saturated carbocycles. The molecule has 2 aromatic rings. The maximum absolute atomic E-state index is 13.1. The molecule has 1 aromatic heterocycles. The summed E-state index contributed by atoms with van der Waals surface area (Å²) in [5.41, 5.74) is 0.779. The predicted octanol–water partition coefficient (Wildman–Crippen LogP) is 3.34. The van der Waals surface area contributed by atoms with E-state index in [4.69, 9.17) is 0 Å². The molecule has 0 aliphatic carbocycles. The molecule has 0 unspecified atom stereocenters. The number of aromatic nitrogens is 2. The molecule has 110 valence electrons. The zero-order chi connectivity index (χ0) is 15.0. The normalized spacial score (nSPS) is 19.3. The van der Waals surface area contributed by atoms with Crippen LogP contribution in [0.5, 0.6) is 0 Å². The molecular weight excluding hydrogens is 323 g/mol. The van der Waals surface area contributed by atoms with Gasteiger partial charge in [0.2, 0.25) is 11.0 Å². The molecule has 1 saturated heterocycles. The minimum atomic E-state index is -4.46. The van der Waals surface area contributed by atoms with Crippen LogP contribution in [-0.2, 0) is 11.0 Å². The lowest BCUT2D eigenvalue weighted by Crippen LogP contribution is -2.29. The van der Waals surface area contributed by atoms with Crippen LogP contribution in [0, 0.1) is 0 Å². The molecule has 1 aliphatic heterocycles. The Bertz CT molecular complexity index is 660. The van der Waals surface area contributed by atoms with Gasteiger partial charge in [0.25, 0.3) is 0 Å². The molecule has 1 aromatic carbocycles. The maximum Gasteiger partial charge on any atom is 0.416 e. The highest BCUT2D eigenvalue weighted by Crippen LogP contribution is 2.46.